The van der Waals surface area contributed by atoms with Gasteiger partial charge in [0.2, 0.25) is 0 Å². The number of rotatable bonds is 8. The standard InChI is InChI=1S/C21H18FNO4/c22-17-6-10-20(11-7-17)26-15-21(24)27-13-16-4-8-19(9-5-16)25-14-18-3-1-2-12-23-18/h1-12H,13-15H2. The van der Waals surface area contributed by atoms with Crippen molar-refractivity contribution in [2.75, 3.05) is 6.61 Å². The molecule has 0 N–H and O–H groups in total. The van der Waals surface area contributed by atoms with Crippen LogP contribution in [0.15, 0.2) is 72.9 Å². The minimum atomic E-state index is -0.505. The summed E-state index contributed by atoms with van der Waals surface area (Å²) in [5.41, 5.74) is 1.67. The summed E-state index contributed by atoms with van der Waals surface area (Å²) in [6, 6.07) is 18.3. The Hall–Kier alpha value is -3.41. The van der Waals surface area contributed by atoms with Crippen LogP contribution in [0.4, 0.5) is 4.39 Å². The number of carbonyl (C=O) groups excluding carboxylic acids is 1. The number of aromatic nitrogens is 1. The number of carbonyl (C=O) groups is 1. The molecule has 3 aromatic rings. The van der Waals surface area contributed by atoms with Gasteiger partial charge in [0.15, 0.2) is 6.61 Å². The molecule has 27 heavy (non-hydrogen) atoms. The minimum Gasteiger partial charge on any atom is -0.487 e. The van der Waals surface area contributed by atoms with Gasteiger partial charge in [0.1, 0.15) is 30.5 Å². The van der Waals surface area contributed by atoms with Gasteiger partial charge in [-0.25, -0.2) is 9.18 Å². The van der Waals surface area contributed by atoms with Crippen LogP contribution in [0.2, 0.25) is 0 Å². The highest BCUT2D eigenvalue weighted by Crippen LogP contribution is 2.15. The second-order valence-electron chi connectivity index (χ2n) is 5.66. The summed E-state index contributed by atoms with van der Waals surface area (Å²) in [4.78, 5) is 15.9. The molecule has 5 nitrogen and oxygen atoms in total. The molecule has 3 rings (SSSR count). The van der Waals surface area contributed by atoms with Gasteiger partial charge in [-0.3, -0.25) is 4.98 Å². The molecule has 0 aliphatic rings. The molecule has 2 aromatic carbocycles. The van der Waals surface area contributed by atoms with Crippen LogP contribution in [0, 0.1) is 5.82 Å². The van der Waals surface area contributed by atoms with Crippen molar-refractivity contribution in [1.82, 2.24) is 4.98 Å². The van der Waals surface area contributed by atoms with Gasteiger partial charge < -0.3 is 14.2 Å². The van der Waals surface area contributed by atoms with Crippen molar-refractivity contribution >= 4 is 5.97 Å². The van der Waals surface area contributed by atoms with Crippen molar-refractivity contribution in [2.45, 2.75) is 13.2 Å². The van der Waals surface area contributed by atoms with Crippen LogP contribution in [0.25, 0.3) is 0 Å². The molecular formula is C21H18FNO4. The number of hydrogen-bond acceptors (Lipinski definition) is 5. The van der Waals surface area contributed by atoms with Gasteiger partial charge in [0.05, 0.1) is 5.69 Å². The van der Waals surface area contributed by atoms with E-state index in [0.29, 0.717) is 18.1 Å². The Bertz CT molecular complexity index is 852. The molecule has 1 aromatic heterocycles. The molecule has 0 spiro atoms. The highest BCUT2D eigenvalue weighted by molar-refractivity contribution is 5.71. The van der Waals surface area contributed by atoms with E-state index < -0.39 is 5.97 Å². The summed E-state index contributed by atoms with van der Waals surface area (Å²) in [5, 5.41) is 0. The zero-order chi connectivity index (χ0) is 18.9. The van der Waals surface area contributed by atoms with Crippen LogP contribution in [0.1, 0.15) is 11.3 Å². The lowest BCUT2D eigenvalue weighted by atomic mass is 10.2. The predicted octanol–water partition coefficient (Wildman–Crippen LogP) is 3.92. The van der Waals surface area contributed by atoms with E-state index in [-0.39, 0.29) is 19.0 Å². The molecule has 0 bridgehead atoms. The lowest BCUT2D eigenvalue weighted by Crippen LogP contribution is -2.14. The van der Waals surface area contributed by atoms with E-state index in [1.165, 1.54) is 24.3 Å². The Labute approximate surface area is 156 Å². The van der Waals surface area contributed by atoms with Crippen LogP contribution in [-0.2, 0) is 22.7 Å². The van der Waals surface area contributed by atoms with Gasteiger partial charge in [-0.1, -0.05) is 18.2 Å². The lowest BCUT2D eigenvalue weighted by molar-refractivity contribution is -0.147. The summed E-state index contributed by atoms with van der Waals surface area (Å²) in [6.45, 7) is 0.277. The SMILES string of the molecule is O=C(COc1ccc(F)cc1)OCc1ccc(OCc2ccccn2)cc1. The van der Waals surface area contributed by atoms with Crippen molar-refractivity contribution in [3.8, 4) is 11.5 Å². The Balaban J connectivity index is 1.40. The first kappa shape index (κ1) is 18.4. The maximum atomic E-state index is 12.8. The summed E-state index contributed by atoms with van der Waals surface area (Å²) in [5.74, 6) is 0.241. The van der Waals surface area contributed by atoms with Gasteiger partial charge >= 0.3 is 5.97 Å². The van der Waals surface area contributed by atoms with Gasteiger partial charge in [0, 0.05) is 6.20 Å². The highest BCUT2D eigenvalue weighted by atomic mass is 19.1. The number of hydrogen-bond donors (Lipinski definition) is 0. The van der Waals surface area contributed by atoms with Crippen molar-refractivity contribution in [3.05, 3.63) is 90.0 Å². The zero-order valence-electron chi connectivity index (χ0n) is 14.5. The van der Waals surface area contributed by atoms with E-state index in [1.807, 2.05) is 30.3 Å². The number of esters is 1. The fraction of sp³-hybridized carbons (Fsp3) is 0.143. The predicted molar refractivity (Wildman–Crippen MR) is 96.7 cm³/mol. The molecule has 0 saturated heterocycles. The number of pyridine rings is 1. The Kier molecular flexibility index (Phi) is 6.35. The van der Waals surface area contributed by atoms with Crippen LogP contribution >= 0.6 is 0 Å². The summed E-state index contributed by atoms with van der Waals surface area (Å²) >= 11 is 0. The Morgan fingerprint density at radius 1 is 0.852 bits per heavy atom. The molecule has 0 radical (unpaired) electrons. The minimum absolute atomic E-state index is 0.131. The average Bonchev–Trinajstić information content (AvgIpc) is 2.72. The average molecular weight is 367 g/mol. The maximum absolute atomic E-state index is 12.8. The van der Waals surface area contributed by atoms with Gasteiger partial charge in [-0.15, -0.1) is 0 Å². The highest BCUT2D eigenvalue weighted by Gasteiger charge is 2.06. The molecule has 1 heterocycles. The first-order valence-electron chi connectivity index (χ1n) is 8.35. The fourth-order valence-corrected chi connectivity index (χ4v) is 2.20. The number of ether oxygens (including phenoxy) is 3. The first-order chi connectivity index (χ1) is 13.2. The quantitative estimate of drug-likeness (QED) is 0.565. The largest absolute Gasteiger partial charge is 0.487 e. The van der Waals surface area contributed by atoms with Crippen molar-refractivity contribution in [3.63, 3.8) is 0 Å². The molecule has 0 fully saturated rings. The summed E-state index contributed by atoms with van der Waals surface area (Å²) in [7, 11) is 0. The lowest BCUT2D eigenvalue weighted by Gasteiger charge is -2.08. The van der Waals surface area contributed by atoms with Crippen molar-refractivity contribution < 1.29 is 23.4 Å². The fourth-order valence-electron chi connectivity index (χ4n) is 2.20. The third-order valence-electron chi connectivity index (χ3n) is 3.61. The number of nitrogens with zero attached hydrogens (tertiary/aromatic N) is 1. The van der Waals surface area contributed by atoms with E-state index in [2.05, 4.69) is 4.98 Å². The molecule has 0 saturated carbocycles. The number of benzene rings is 2. The summed E-state index contributed by atoms with van der Waals surface area (Å²) < 4.78 is 28.8. The molecule has 138 valence electrons. The molecule has 0 amide bonds. The van der Waals surface area contributed by atoms with E-state index in [9.17, 15) is 9.18 Å². The van der Waals surface area contributed by atoms with Crippen LogP contribution in [-0.4, -0.2) is 17.6 Å². The second kappa shape index (κ2) is 9.33. The van der Waals surface area contributed by atoms with E-state index in [1.54, 1.807) is 18.3 Å². The Morgan fingerprint density at radius 3 is 2.26 bits per heavy atom. The van der Waals surface area contributed by atoms with Gasteiger partial charge in [0.25, 0.3) is 0 Å². The first-order valence-corrected chi connectivity index (χ1v) is 8.35. The molecule has 0 aliphatic carbocycles. The van der Waals surface area contributed by atoms with E-state index >= 15 is 0 Å². The van der Waals surface area contributed by atoms with Gasteiger partial charge in [-0.2, -0.15) is 0 Å². The van der Waals surface area contributed by atoms with Crippen LogP contribution in [0.5, 0.6) is 11.5 Å². The maximum Gasteiger partial charge on any atom is 0.344 e. The molecule has 0 atom stereocenters. The number of halogens is 1. The van der Waals surface area contributed by atoms with Crippen LogP contribution in [0.3, 0.4) is 0 Å². The third kappa shape index (κ3) is 6.11. The monoisotopic (exact) mass is 367 g/mol. The normalized spacial score (nSPS) is 10.3. The van der Waals surface area contributed by atoms with E-state index in [4.69, 9.17) is 14.2 Å². The van der Waals surface area contributed by atoms with Crippen LogP contribution < -0.4 is 9.47 Å². The molecule has 0 aliphatic heterocycles. The van der Waals surface area contributed by atoms with Crippen molar-refractivity contribution in [1.29, 1.82) is 0 Å². The third-order valence-corrected chi connectivity index (χ3v) is 3.61. The molecule has 0 unspecified atom stereocenters. The van der Waals surface area contributed by atoms with E-state index in [0.717, 1.165) is 11.3 Å². The Morgan fingerprint density at radius 2 is 1.56 bits per heavy atom. The summed E-state index contributed by atoms with van der Waals surface area (Å²) in [6.07, 6.45) is 1.72. The second-order valence-corrected chi connectivity index (χ2v) is 5.66. The zero-order valence-corrected chi connectivity index (χ0v) is 14.5. The smallest absolute Gasteiger partial charge is 0.344 e. The molecule has 6 heteroatoms. The van der Waals surface area contributed by atoms with Gasteiger partial charge in [-0.05, 0) is 54.1 Å². The topological polar surface area (TPSA) is 57.7 Å². The van der Waals surface area contributed by atoms with Crippen molar-refractivity contribution in [2.24, 2.45) is 0 Å². The molecular weight excluding hydrogens is 349 g/mol.